The molecule has 2 rings (SSSR count). The van der Waals surface area contributed by atoms with Gasteiger partial charge < -0.3 is 19.7 Å². The van der Waals surface area contributed by atoms with Crippen LogP contribution in [-0.2, 0) is 14.3 Å². The molecule has 2 saturated heterocycles. The summed E-state index contributed by atoms with van der Waals surface area (Å²) in [7, 11) is 0. The molecule has 2 aliphatic heterocycles. The molecule has 92 valence electrons. The minimum atomic E-state index is -1.26. The third kappa shape index (κ3) is 2.36. The highest BCUT2D eigenvalue weighted by molar-refractivity contribution is 5.72. The van der Waals surface area contributed by atoms with Crippen LogP contribution in [0.15, 0.2) is 0 Å². The smallest absolute Gasteiger partial charge is 0.332 e. The summed E-state index contributed by atoms with van der Waals surface area (Å²) in [5.74, 6) is -1.32. The van der Waals surface area contributed by atoms with Crippen molar-refractivity contribution in [3.8, 4) is 0 Å². The summed E-state index contributed by atoms with van der Waals surface area (Å²) in [6.45, 7) is 1.86. The standard InChI is InChI=1S/C11H18O5/c12-9(10(13)14)8-1-4-16-11(7-8)2-5-15-6-3-11/h8-9,12H,1-7H2,(H,13,14). The highest BCUT2D eigenvalue weighted by atomic mass is 16.5. The van der Waals surface area contributed by atoms with Crippen molar-refractivity contribution in [3.05, 3.63) is 0 Å². The second-order valence-corrected chi connectivity index (χ2v) is 4.68. The van der Waals surface area contributed by atoms with Gasteiger partial charge in [-0.05, 0) is 25.7 Å². The first-order valence-corrected chi connectivity index (χ1v) is 5.76. The van der Waals surface area contributed by atoms with E-state index < -0.39 is 12.1 Å². The van der Waals surface area contributed by atoms with Crippen molar-refractivity contribution < 1.29 is 24.5 Å². The van der Waals surface area contributed by atoms with Crippen LogP contribution >= 0.6 is 0 Å². The van der Waals surface area contributed by atoms with Crippen molar-refractivity contribution in [2.75, 3.05) is 19.8 Å². The van der Waals surface area contributed by atoms with E-state index in [-0.39, 0.29) is 11.5 Å². The van der Waals surface area contributed by atoms with Gasteiger partial charge in [-0.3, -0.25) is 0 Å². The third-order valence-electron chi connectivity index (χ3n) is 3.63. The summed E-state index contributed by atoms with van der Waals surface area (Å²) in [6.07, 6.45) is 1.59. The number of carboxylic acids is 1. The van der Waals surface area contributed by atoms with Crippen LogP contribution in [0.3, 0.4) is 0 Å². The zero-order valence-electron chi connectivity index (χ0n) is 9.22. The van der Waals surface area contributed by atoms with Crippen LogP contribution in [0.25, 0.3) is 0 Å². The summed E-state index contributed by atoms with van der Waals surface area (Å²) in [4.78, 5) is 10.8. The van der Waals surface area contributed by atoms with Gasteiger partial charge in [-0.25, -0.2) is 4.79 Å². The second-order valence-electron chi connectivity index (χ2n) is 4.68. The van der Waals surface area contributed by atoms with Crippen LogP contribution in [0.1, 0.15) is 25.7 Å². The van der Waals surface area contributed by atoms with Gasteiger partial charge in [-0.1, -0.05) is 0 Å². The van der Waals surface area contributed by atoms with Gasteiger partial charge in [0.1, 0.15) is 0 Å². The van der Waals surface area contributed by atoms with Crippen LogP contribution in [0.5, 0.6) is 0 Å². The predicted octanol–water partition coefficient (Wildman–Crippen LogP) is 0.408. The molecule has 2 fully saturated rings. The first-order valence-electron chi connectivity index (χ1n) is 5.76. The van der Waals surface area contributed by atoms with Crippen molar-refractivity contribution in [2.45, 2.75) is 37.4 Å². The Bertz CT molecular complexity index is 254. The van der Waals surface area contributed by atoms with E-state index in [9.17, 15) is 9.90 Å². The number of hydrogen-bond acceptors (Lipinski definition) is 4. The molecule has 2 atom stereocenters. The predicted molar refractivity (Wildman–Crippen MR) is 55.1 cm³/mol. The Morgan fingerprint density at radius 2 is 2.00 bits per heavy atom. The maximum absolute atomic E-state index is 10.8. The molecule has 0 amide bonds. The summed E-state index contributed by atoms with van der Waals surface area (Å²) >= 11 is 0. The Labute approximate surface area is 94.4 Å². The lowest BCUT2D eigenvalue weighted by Gasteiger charge is -2.43. The average molecular weight is 230 g/mol. The normalized spacial score (nSPS) is 31.2. The highest BCUT2D eigenvalue weighted by Crippen LogP contribution is 2.38. The Morgan fingerprint density at radius 3 is 2.62 bits per heavy atom. The molecule has 2 unspecified atom stereocenters. The number of rotatable bonds is 2. The molecule has 2 aliphatic rings. The molecule has 16 heavy (non-hydrogen) atoms. The van der Waals surface area contributed by atoms with Crippen molar-refractivity contribution >= 4 is 5.97 Å². The van der Waals surface area contributed by atoms with Gasteiger partial charge in [-0.2, -0.15) is 0 Å². The summed E-state index contributed by atoms with van der Waals surface area (Å²) in [6, 6.07) is 0. The minimum absolute atomic E-state index is 0.190. The number of aliphatic hydroxyl groups excluding tert-OH is 1. The van der Waals surface area contributed by atoms with Gasteiger partial charge in [-0.15, -0.1) is 0 Å². The van der Waals surface area contributed by atoms with Crippen LogP contribution in [-0.4, -0.2) is 47.7 Å². The largest absolute Gasteiger partial charge is 0.479 e. The number of hydrogen-bond donors (Lipinski definition) is 2. The van der Waals surface area contributed by atoms with E-state index in [0.717, 1.165) is 12.8 Å². The SMILES string of the molecule is O=C(O)C(O)C1CCOC2(CCOCC2)C1. The van der Waals surface area contributed by atoms with Gasteiger partial charge in [0.2, 0.25) is 0 Å². The Hall–Kier alpha value is -0.650. The lowest BCUT2D eigenvalue weighted by atomic mass is 9.78. The number of carboxylic acid groups (broad SMARTS) is 1. The Balaban J connectivity index is 2.00. The van der Waals surface area contributed by atoms with Crippen molar-refractivity contribution in [1.29, 1.82) is 0 Å². The van der Waals surface area contributed by atoms with Crippen LogP contribution < -0.4 is 0 Å². The van der Waals surface area contributed by atoms with E-state index in [2.05, 4.69) is 0 Å². The zero-order chi connectivity index (χ0) is 11.6. The van der Waals surface area contributed by atoms with E-state index in [4.69, 9.17) is 14.6 Å². The molecule has 0 radical (unpaired) electrons. The van der Waals surface area contributed by atoms with Crippen LogP contribution in [0.4, 0.5) is 0 Å². The number of aliphatic hydroxyl groups is 1. The average Bonchev–Trinajstić information content (AvgIpc) is 2.29. The fourth-order valence-corrected chi connectivity index (χ4v) is 2.63. The molecule has 2 heterocycles. The summed E-state index contributed by atoms with van der Waals surface area (Å²) in [5.41, 5.74) is -0.252. The summed E-state index contributed by atoms with van der Waals surface area (Å²) < 4.78 is 11.1. The van der Waals surface area contributed by atoms with Crippen molar-refractivity contribution in [3.63, 3.8) is 0 Å². The lowest BCUT2D eigenvalue weighted by molar-refractivity contribution is -0.171. The number of ether oxygens (including phenoxy) is 2. The highest BCUT2D eigenvalue weighted by Gasteiger charge is 2.42. The van der Waals surface area contributed by atoms with E-state index >= 15 is 0 Å². The van der Waals surface area contributed by atoms with Crippen LogP contribution in [0, 0.1) is 5.92 Å². The molecular formula is C11H18O5. The van der Waals surface area contributed by atoms with Crippen molar-refractivity contribution in [2.24, 2.45) is 5.92 Å². The first kappa shape index (κ1) is 11.8. The van der Waals surface area contributed by atoms with Crippen molar-refractivity contribution in [1.82, 2.24) is 0 Å². The van der Waals surface area contributed by atoms with Gasteiger partial charge in [0.15, 0.2) is 6.10 Å². The fraction of sp³-hybridized carbons (Fsp3) is 0.909. The van der Waals surface area contributed by atoms with Gasteiger partial charge in [0, 0.05) is 25.7 Å². The van der Waals surface area contributed by atoms with E-state index in [1.54, 1.807) is 0 Å². The second kappa shape index (κ2) is 4.69. The number of carbonyl (C=O) groups is 1. The van der Waals surface area contributed by atoms with E-state index in [1.807, 2.05) is 0 Å². The molecule has 0 aliphatic carbocycles. The molecule has 1 spiro atoms. The van der Waals surface area contributed by atoms with Gasteiger partial charge >= 0.3 is 5.97 Å². The van der Waals surface area contributed by atoms with E-state index in [1.165, 1.54) is 0 Å². The first-order chi connectivity index (χ1) is 7.63. The molecule has 0 aromatic carbocycles. The Kier molecular flexibility index (Phi) is 3.47. The zero-order valence-corrected chi connectivity index (χ0v) is 9.22. The molecule has 5 heteroatoms. The summed E-state index contributed by atoms with van der Waals surface area (Å²) in [5, 5.41) is 18.4. The number of aliphatic carboxylic acids is 1. The molecule has 0 saturated carbocycles. The quantitative estimate of drug-likeness (QED) is 0.718. The topological polar surface area (TPSA) is 76.0 Å². The maximum atomic E-state index is 10.8. The molecule has 0 aromatic heterocycles. The van der Waals surface area contributed by atoms with Crippen LogP contribution in [0.2, 0.25) is 0 Å². The molecule has 0 aromatic rings. The van der Waals surface area contributed by atoms with Gasteiger partial charge in [0.05, 0.1) is 5.60 Å². The molecule has 0 bridgehead atoms. The molecular weight excluding hydrogens is 212 g/mol. The van der Waals surface area contributed by atoms with E-state index in [0.29, 0.717) is 32.7 Å². The Morgan fingerprint density at radius 1 is 1.31 bits per heavy atom. The third-order valence-corrected chi connectivity index (χ3v) is 3.63. The fourth-order valence-electron chi connectivity index (χ4n) is 2.63. The molecule has 5 nitrogen and oxygen atoms in total. The van der Waals surface area contributed by atoms with Gasteiger partial charge in [0.25, 0.3) is 0 Å². The minimum Gasteiger partial charge on any atom is -0.479 e. The maximum Gasteiger partial charge on any atom is 0.332 e. The molecule has 2 N–H and O–H groups in total. The lowest BCUT2D eigenvalue weighted by Crippen LogP contribution is -2.47. The monoisotopic (exact) mass is 230 g/mol.